The third-order valence-corrected chi connectivity index (χ3v) is 4.88. The molecule has 1 aliphatic carbocycles. The van der Waals surface area contributed by atoms with E-state index in [0.29, 0.717) is 18.6 Å². The van der Waals surface area contributed by atoms with Crippen LogP contribution in [0.15, 0.2) is 43.0 Å². The molecule has 26 heavy (non-hydrogen) atoms. The van der Waals surface area contributed by atoms with Crippen molar-refractivity contribution in [3.8, 4) is 11.1 Å². The molecule has 6 heteroatoms. The van der Waals surface area contributed by atoms with Gasteiger partial charge in [-0.15, -0.1) is 0 Å². The number of Topliss-reactive ketones (excluding diaryl/α,β-unsaturated/α-hetero) is 1. The van der Waals surface area contributed by atoms with Crippen LogP contribution in [0.1, 0.15) is 27.1 Å². The van der Waals surface area contributed by atoms with Gasteiger partial charge in [0.05, 0.1) is 11.2 Å². The largest absolute Gasteiger partial charge is 0.387 e. The molecule has 1 fully saturated rings. The van der Waals surface area contributed by atoms with Crippen molar-refractivity contribution in [2.24, 2.45) is 0 Å². The minimum atomic E-state index is 0. The van der Waals surface area contributed by atoms with Gasteiger partial charge in [-0.1, -0.05) is 6.07 Å². The maximum absolute atomic E-state index is 11.5. The highest BCUT2D eigenvalue weighted by Crippen LogP contribution is 2.29. The average Bonchev–Trinajstić information content (AvgIpc) is 2.70. The number of fused-ring (bicyclic) bond motifs is 1. The first-order valence-corrected chi connectivity index (χ1v) is 8.89. The second kappa shape index (κ2) is 7.07. The molecule has 2 heterocycles. The van der Waals surface area contributed by atoms with Gasteiger partial charge in [-0.3, -0.25) is 9.78 Å². The van der Waals surface area contributed by atoms with Crippen molar-refractivity contribution in [3.63, 3.8) is 0 Å². The SMILES string of the molecule is CNc1cncc(-c2ccc3ncnc(NC4CCC(=O)CC4)c3c2)c1.[HH]. The molecular weight excluding hydrogens is 326 g/mol. The Balaban J connectivity index is 0.00000210. The lowest BCUT2D eigenvalue weighted by Crippen LogP contribution is -2.26. The van der Waals surface area contributed by atoms with Crippen molar-refractivity contribution in [2.75, 3.05) is 17.7 Å². The molecule has 1 aromatic carbocycles. The molecule has 134 valence electrons. The highest BCUT2D eigenvalue weighted by atomic mass is 16.1. The van der Waals surface area contributed by atoms with Crippen LogP contribution in [0.25, 0.3) is 22.0 Å². The molecule has 6 nitrogen and oxygen atoms in total. The zero-order valence-corrected chi connectivity index (χ0v) is 14.7. The summed E-state index contributed by atoms with van der Waals surface area (Å²) in [6.07, 6.45) is 8.25. The molecule has 2 N–H and O–H groups in total. The number of rotatable bonds is 4. The van der Waals surface area contributed by atoms with Crippen molar-refractivity contribution in [1.29, 1.82) is 0 Å². The van der Waals surface area contributed by atoms with E-state index in [1.54, 1.807) is 12.5 Å². The molecule has 0 spiro atoms. The molecule has 0 amide bonds. The van der Waals surface area contributed by atoms with Gasteiger partial charge in [-0.2, -0.15) is 0 Å². The van der Waals surface area contributed by atoms with Crippen molar-refractivity contribution in [1.82, 2.24) is 15.0 Å². The average molecular weight is 349 g/mol. The summed E-state index contributed by atoms with van der Waals surface area (Å²) in [5, 5.41) is 7.61. The number of aromatic nitrogens is 3. The first kappa shape index (κ1) is 16.4. The molecule has 4 rings (SSSR count). The van der Waals surface area contributed by atoms with E-state index in [9.17, 15) is 4.79 Å². The summed E-state index contributed by atoms with van der Waals surface area (Å²) < 4.78 is 0. The van der Waals surface area contributed by atoms with Gasteiger partial charge in [-0.25, -0.2) is 9.97 Å². The first-order valence-electron chi connectivity index (χ1n) is 8.89. The fourth-order valence-corrected chi connectivity index (χ4v) is 3.36. The van der Waals surface area contributed by atoms with E-state index in [1.165, 1.54) is 0 Å². The van der Waals surface area contributed by atoms with Crippen LogP contribution in [0.3, 0.4) is 0 Å². The molecule has 3 aromatic rings. The quantitative estimate of drug-likeness (QED) is 0.743. The molecule has 0 aliphatic heterocycles. The predicted molar refractivity (Wildman–Crippen MR) is 105 cm³/mol. The Morgan fingerprint density at radius 3 is 2.73 bits per heavy atom. The van der Waals surface area contributed by atoms with E-state index < -0.39 is 0 Å². The third-order valence-electron chi connectivity index (χ3n) is 4.88. The van der Waals surface area contributed by atoms with Crippen molar-refractivity contribution in [2.45, 2.75) is 31.7 Å². The summed E-state index contributed by atoms with van der Waals surface area (Å²) >= 11 is 0. The van der Waals surface area contributed by atoms with Gasteiger partial charge in [0.15, 0.2) is 0 Å². The molecule has 1 saturated carbocycles. The van der Waals surface area contributed by atoms with Gasteiger partial charge in [0, 0.05) is 50.7 Å². The van der Waals surface area contributed by atoms with Gasteiger partial charge in [0.1, 0.15) is 17.9 Å². The Morgan fingerprint density at radius 1 is 1.08 bits per heavy atom. The summed E-state index contributed by atoms with van der Waals surface area (Å²) in [4.78, 5) is 24.6. The van der Waals surface area contributed by atoms with E-state index in [4.69, 9.17) is 0 Å². The van der Waals surface area contributed by atoms with Gasteiger partial charge in [-0.05, 0) is 36.6 Å². The van der Waals surface area contributed by atoms with Crippen LogP contribution < -0.4 is 10.6 Å². The minimum absolute atomic E-state index is 0. The fourth-order valence-electron chi connectivity index (χ4n) is 3.36. The predicted octanol–water partition coefficient (Wildman–Crippen LogP) is 3.90. The Morgan fingerprint density at radius 2 is 1.92 bits per heavy atom. The van der Waals surface area contributed by atoms with E-state index in [2.05, 4.69) is 43.8 Å². The monoisotopic (exact) mass is 349 g/mol. The summed E-state index contributed by atoms with van der Waals surface area (Å²) in [6, 6.07) is 8.51. The molecular formula is C20H23N5O. The second-order valence-electron chi connectivity index (χ2n) is 6.62. The number of hydrogen-bond donors (Lipinski definition) is 2. The van der Waals surface area contributed by atoms with E-state index >= 15 is 0 Å². The highest BCUT2D eigenvalue weighted by molar-refractivity contribution is 5.92. The summed E-state index contributed by atoms with van der Waals surface area (Å²) in [5.41, 5.74) is 3.98. The van der Waals surface area contributed by atoms with Gasteiger partial charge in [0.25, 0.3) is 0 Å². The first-order chi connectivity index (χ1) is 12.7. The van der Waals surface area contributed by atoms with Crippen LogP contribution in [-0.4, -0.2) is 33.8 Å². The Kier molecular flexibility index (Phi) is 4.48. The fraction of sp³-hybridized carbons (Fsp3) is 0.300. The van der Waals surface area contributed by atoms with Crippen LogP contribution >= 0.6 is 0 Å². The zero-order chi connectivity index (χ0) is 17.9. The minimum Gasteiger partial charge on any atom is -0.387 e. The maximum Gasteiger partial charge on any atom is 0.137 e. The van der Waals surface area contributed by atoms with Gasteiger partial charge < -0.3 is 10.6 Å². The molecule has 0 atom stereocenters. The third kappa shape index (κ3) is 3.35. The number of nitrogens with zero attached hydrogens (tertiary/aromatic N) is 3. The van der Waals surface area contributed by atoms with Crippen LogP contribution in [0.4, 0.5) is 11.5 Å². The molecule has 2 aromatic heterocycles. The molecule has 0 radical (unpaired) electrons. The summed E-state index contributed by atoms with van der Waals surface area (Å²) in [5.74, 6) is 1.18. The molecule has 0 unspecified atom stereocenters. The van der Waals surface area contributed by atoms with Crippen molar-refractivity contribution < 1.29 is 6.22 Å². The van der Waals surface area contributed by atoms with Gasteiger partial charge >= 0.3 is 0 Å². The smallest absolute Gasteiger partial charge is 0.137 e. The van der Waals surface area contributed by atoms with Gasteiger partial charge in [0.2, 0.25) is 0 Å². The van der Waals surface area contributed by atoms with Crippen LogP contribution in [0, 0.1) is 0 Å². The number of benzene rings is 1. The number of carbonyl (C=O) groups excluding carboxylic acids is 1. The standard InChI is InChI=1S/C20H21N5O.H2/c1-21-16-8-14(10-22-11-16)13-2-7-19-18(9-13)20(24-12-23-19)25-15-3-5-17(26)6-4-15;/h2,7-12,15,21H,3-6H2,1H3,(H,23,24,25);1H. The molecule has 0 saturated heterocycles. The Labute approximate surface area is 153 Å². The van der Waals surface area contributed by atoms with Crippen LogP contribution in [0.5, 0.6) is 0 Å². The topological polar surface area (TPSA) is 79.8 Å². The van der Waals surface area contributed by atoms with Crippen LogP contribution in [-0.2, 0) is 4.79 Å². The van der Waals surface area contributed by atoms with Crippen molar-refractivity contribution in [3.05, 3.63) is 43.0 Å². The van der Waals surface area contributed by atoms with Crippen LogP contribution in [0.2, 0.25) is 0 Å². The summed E-state index contributed by atoms with van der Waals surface area (Å²) in [6.45, 7) is 0. The van der Waals surface area contributed by atoms with E-state index in [-0.39, 0.29) is 7.47 Å². The van der Waals surface area contributed by atoms with Crippen molar-refractivity contribution >= 4 is 28.2 Å². The van der Waals surface area contributed by atoms with E-state index in [0.717, 1.165) is 46.4 Å². The zero-order valence-electron chi connectivity index (χ0n) is 14.7. The molecule has 1 aliphatic rings. The Bertz CT molecular complexity index is 952. The number of pyridine rings is 1. The number of anilines is 2. The number of nitrogens with one attached hydrogen (secondary N) is 2. The number of hydrogen-bond acceptors (Lipinski definition) is 6. The normalized spacial score (nSPS) is 15.2. The number of carbonyl (C=O) groups is 1. The Hall–Kier alpha value is -3.02. The second-order valence-corrected chi connectivity index (χ2v) is 6.62. The summed E-state index contributed by atoms with van der Waals surface area (Å²) in [7, 11) is 1.88. The molecule has 0 bridgehead atoms. The maximum atomic E-state index is 11.5. The lowest BCUT2D eigenvalue weighted by Gasteiger charge is -2.23. The highest BCUT2D eigenvalue weighted by Gasteiger charge is 2.19. The lowest BCUT2D eigenvalue weighted by molar-refractivity contribution is -0.120. The lowest BCUT2D eigenvalue weighted by atomic mass is 9.94. The van der Waals surface area contributed by atoms with E-state index in [1.807, 2.05) is 19.3 Å². The number of ketones is 1.